The van der Waals surface area contributed by atoms with Crippen LogP contribution in [-0.4, -0.2) is 17.2 Å². The fourth-order valence-corrected chi connectivity index (χ4v) is 3.42. The Hall–Kier alpha value is -0.730. The minimum atomic E-state index is 0.535. The van der Waals surface area contributed by atoms with Crippen molar-refractivity contribution in [2.75, 3.05) is 12.9 Å². The van der Waals surface area contributed by atoms with E-state index >= 15 is 0 Å². The number of ether oxygens (including phenoxy) is 1. The highest BCUT2D eigenvalue weighted by molar-refractivity contribution is 8.00. The molecule has 0 bridgehead atoms. The highest BCUT2D eigenvalue weighted by Gasteiger charge is 2.18. The molecular weight excluding hydrogens is 252 g/mol. The van der Waals surface area contributed by atoms with Crippen molar-refractivity contribution in [2.45, 2.75) is 36.3 Å². The molecule has 1 aromatic heterocycles. The zero-order valence-corrected chi connectivity index (χ0v) is 11.6. The highest BCUT2D eigenvalue weighted by atomic mass is 32.2. The van der Waals surface area contributed by atoms with Gasteiger partial charge in [-0.1, -0.05) is 19.3 Å². The maximum Gasteiger partial charge on any atom is 0.244 e. The monoisotopic (exact) mass is 268 g/mol. The van der Waals surface area contributed by atoms with E-state index in [-0.39, 0.29) is 0 Å². The lowest BCUT2D eigenvalue weighted by Gasteiger charge is -2.20. The Morgan fingerprint density at radius 2 is 2.24 bits per heavy atom. The van der Waals surface area contributed by atoms with Gasteiger partial charge >= 0.3 is 0 Å². The fourth-order valence-electron chi connectivity index (χ4n) is 2.14. The molecule has 0 aliphatic heterocycles. The molecular formula is C12H16N2OS2. The number of nitrogens with zero attached hydrogens (tertiary/aromatic N) is 2. The van der Waals surface area contributed by atoms with Gasteiger partial charge in [0, 0.05) is 0 Å². The van der Waals surface area contributed by atoms with E-state index in [1.807, 2.05) is 6.26 Å². The summed E-state index contributed by atoms with van der Waals surface area (Å²) >= 11 is 2.91. The molecule has 1 saturated carbocycles. The van der Waals surface area contributed by atoms with Crippen LogP contribution in [-0.2, 0) is 0 Å². The SMILES string of the molecule is CSc1snc(OCC2CCCCC2)c1C#N. The van der Waals surface area contributed by atoms with E-state index in [9.17, 15) is 0 Å². The zero-order chi connectivity index (χ0) is 12.1. The van der Waals surface area contributed by atoms with Crippen molar-refractivity contribution in [3.63, 3.8) is 0 Å². The molecule has 0 amide bonds. The molecule has 0 aromatic carbocycles. The van der Waals surface area contributed by atoms with Crippen molar-refractivity contribution < 1.29 is 4.74 Å². The van der Waals surface area contributed by atoms with Gasteiger partial charge in [-0.15, -0.1) is 11.8 Å². The number of hydrogen-bond acceptors (Lipinski definition) is 5. The third-order valence-electron chi connectivity index (χ3n) is 3.11. The second kappa shape index (κ2) is 6.27. The van der Waals surface area contributed by atoms with Crippen LogP contribution in [0.2, 0.25) is 0 Å². The molecule has 0 atom stereocenters. The summed E-state index contributed by atoms with van der Waals surface area (Å²) in [5.41, 5.74) is 0.610. The first-order chi connectivity index (χ1) is 8.35. The third-order valence-corrected chi connectivity index (χ3v) is 5.03. The van der Waals surface area contributed by atoms with Crippen molar-refractivity contribution in [3.8, 4) is 11.9 Å². The quantitative estimate of drug-likeness (QED) is 0.781. The summed E-state index contributed by atoms with van der Waals surface area (Å²) in [6, 6.07) is 2.18. The first-order valence-electron chi connectivity index (χ1n) is 5.91. The lowest BCUT2D eigenvalue weighted by Crippen LogP contribution is -2.15. The van der Waals surface area contributed by atoms with Crippen LogP contribution in [0.1, 0.15) is 37.7 Å². The van der Waals surface area contributed by atoms with Crippen molar-refractivity contribution in [2.24, 2.45) is 5.92 Å². The van der Waals surface area contributed by atoms with E-state index < -0.39 is 0 Å². The molecule has 1 heterocycles. The van der Waals surface area contributed by atoms with E-state index in [1.165, 1.54) is 43.6 Å². The summed E-state index contributed by atoms with van der Waals surface area (Å²) in [4.78, 5) is 0. The van der Waals surface area contributed by atoms with Crippen LogP contribution in [0.25, 0.3) is 0 Å². The minimum Gasteiger partial charge on any atom is -0.476 e. The Bertz CT molecular complexity index is 405. The predicted octanol–water partition coefficient (Wildman–Crippen LogP) is 3.70. The van der Waals surface area contributed by atoms with Crippen molar-refractivity contribution >= 4 is 23.3 Å². The summed E-state index contributed by atoms with van der Waals surface area (Å²) in [6.45, 7) is 0.715. The van der Waals surface area contributed by atoms with Gasteiger partial charge in [-0.25, -0.2) is 0 Å². The molecule has 1 aliphatic rings. The van der Waals surface area contributed by atoms with Crippen LogP contribution < -0.4 is 4.74 Å². The predicted molar refractivity (Wildman–Crippen MR) is 70.7 cm³/mol. The van der Waals surface area contributed by atoms with Gasteiger partial charge in [0.1, 0.15) is 15.8 Å². The number of rotatable bonds is 4. The molecule has 2 rings (SSSR count). The van der Waals surface area contributed by atoms with Gasteiger partial charge in [0.25, 0.3) is 0 Å². The molecule has 0 radical (unpaired) electrons. The van der Waals surface area contributed by atoms with Crippen LogP contribution in [0, 0.1) is 17.2 Å². The van der Waals surface area contributed by atoms with E-state index in [0.29, 0.717) is 24.0 Å². The Kier molecular flexibility index (Phi) is 4.69. The second-order valence-corrected chi connectivity index (χ2v) is 6.13. The Labute approximate surface area is 110 Å². The molecule has 1 aliphatic carbocycles. The van der Waals surface area contributed by atoms with Crippen LogP contribution in [0.3, 0.4) is 0 Å². The van der Waals surface area contributed by atoms with E-state index in [2.05, 4.69) is 10.4 Å². The molecule has 5 heteroatoms. The lowest BCUT2D eigenvalue weighted by molar-refractivity contribution is 0.204. The third kappa shape index (κ3) is 3.14. The molecule has 17 heavy (non-hydrogen) atoms. The van der Waals surface area contributed by atoms with Crippen molar-refractivity contribution in [1.29, 1.82) is 5.26 Å². The maximum absolute atomic E-state index is 9.08. The van der Waals surface area contributed by atoms with Crippen LogP contribution in [0.15, 0.2) is 4.21 Å². The fraction of sp³-hybridized carbons (Fsp3) is 0.667. The Morgan fingerprint density at radius 1 is 1.47 bits per heavy atom. The largest absolute Gasteiger partial charge is 0.476 e. The van der Waals surface area contributed by atoms with Gasteiger partial charge in [-0.05, 0) is 36.5 Å². The lowest BCUT2D eigenvalue weighted by atomic mass is 9.90. The topological polar surface area (TPSA) is 45.9 Å². The summed E-state index contributed by atoms with van der Waals surface area (Å²) in [7, 11) is 0. The van der Waals surface area contributed by atoms with Crippen molar-refractivity contribution in [1.82, 2.24) is 4.37 Å². The molecule has 0 spiro atoms. The smallest absolute Gasteiger partial charge is 0.244 e. The number of thioether (sulfide) groups is 1. The molecule has 92 valence electrons. The van der Waals surface area contributed by atoms with Gasteiger partial charge in [0.05, 0.1) is 6.61 Å². The van der Waals surface area contributed by atoms with E-state index in [4.69, 9.17) is 10.00 Å². The van der Waals surface area contributed by atoms with Gasteiger partial charge in [-0.3, -0.25) is 0 Å². The van der Waals surface area contributed by atoms with Crippen LogP contribution >= 0.6 is 23.3 Å². The first kappa shape index (κ1) is 12.7. The van der Waals surface area contributed by atoms with Crippen LogP contribution in [0.4, 0.5) is 0 Å². The molecule has 0 unspecified atom stereocenters. The molecule has 1 fully saturated rings. The molecule has 0 saturated heterocycles. The average Bonchev–Trinajstić information content (AvgIpc) is 2.79. The second-order valence-electron chi connectivity index (χ2n) is 4.28. The normalized spacial score (nSPS) is 16.7. The number of aromatic nitrogens is 1. The number of hydrogen-bond donors (Lipinski definition) is 0. The molecule has 0 N–H and O–H groups in total. The summed E-state index contributed by atoms with van der Waals surface area (Å²) < 4.78 is 10.9. The minimum absolute atomic E-state index is 0.535. The number of nitriles is 1. The van der Waals surface area contributed by atoms with Gasteiger partial charge < -0.3 is 4.74 Å². The van der Waals surface area contributed by atoms with Crippen LogP contribution in [0.5, 0.6) is 5.88 Å². The van der Waals surface area contributed by atoms with Gasteiger partial charge in [-0.2, -0.15) is 9.64 Å². The van der Waals surface area contributed by atoms with Gasteiger partial charge in [0.2, 0.25) is 5.88 Å². The van der Waals surface area contributed by atoms with Gasteiger partial charge in [0.15, 0.2) is 0 Å². The zero-order valence-electron chi connectivity index (χ0n) is 9.94. The van der Waals surface area contributed by atoms with E-state index in [1.54, 1.807) is 11.8 Å². The summed E-state index contributed by atoms with van der Waals surface area (Å²) in [6.07, 6.45) is 8.44. The summed E-state index contributed by atoms with van der Waals surface area (Å²) in [5.74, 6) is 1.18. The molecule has 3 nitrogen and oxygen atoms in total. The first-order valence-corrected chi connectivity index (χ1v) is 7.91. The molecule has 1 aromatic rings. The average molecular weight is 268 g/mol. The maximum atomic E-state index is 9.08. The summed E-state index contributed by atoms with van der Waals surface area (Å²) in [5, 5.41) is 9.08. The Balaban J connectivity index is 1.94. The highest BCUT2D eigenvalue weighted by Crippen LogP contribution is 2.32. The van der Waals surface area contributed by atoms with E-state index in [0.717, 1.165) is 4.21 Å². The standard InChI is InChI=1S/C12H16N2OS2/c1-16-12-10(7-13)11(14-17-12)15-8-9-5-3-2-4-6-9/h9H,2-6,8H2,1H3. The van der Waals surface area contributed by atoms with Crippen molar-refractivity contribution in [3.05, 3.63) is 5.56 Å². The Morgan fingerprint density at radius 3 is 2.88 bits per heavy atom.